The average molecular weight is 293 g/mol. The predicted octanol–water partition coefficient (Wildman–Crippen LogP) is 2.69. The highest BCUT2D eigenvalue weighted by molar-refractivity contribution is 7.71. The van der Waals surface area contributed by atoms with Crippen molar-refractivity contribution >= 4 is 23.3 Å². The van der Waals surface area contributed by atoms with Gasteiger partial charge in [0.25, 0.3) is 5.56 Å². The fourth-order valence-electron chi connectivity index (χ4n) is 2.52. The van der Waals surface area contributed by atoms with Gasteiger partial charge in [-0.2, -0.15) is 0 Å². The molecule has 108 valence electrons. The summed E-state index contributed by atoms with van der Waals surface area (Å²) in [5.41, 5.74) is 2.64. The Balaban J connectivity index is 2.06. The zero-order valence-corrected chi connectivity index (χ0v) is 12.5. The first-order valence-corrected chi connectivity index (χ1v) is 7.44. The summed E-state index contributed by atoms with van der Waals surface area (Å²) in [6.45, 7) is 5.26. The third-order valence-electron chi connectivity index (χ3n) is 3.63. The van der Waals surface area contributed by atoms with Gasteiger partial charge in [-0.3, -0.25) is 9.78 Å². The van der Waals surface area contributed by atoms with Crippen LogP contribution in [0.5, 0.6) is 0 Å². The van der Waals surface area contributed by atoms with E-state index in [4.69, 9.17) is 17.0 Å². The molecule has 1 fully saturated rings. The van der Waals surface area contributed by atoms with Crippen molar-refractivity contribution in [3.8, 4) is 0 Å². The van der Waals surface area contributed by atoms with Crippen molar-refractivity contribution in [1.82, 2.24) is 14.5 Å². The summed E-state index contributed by atoms with van der Waals surface area (Å²) >= 11 is 5.32. The third-order valence-corrected chi connectivity index (χ3v) is 3.95. The quantitative estimate of drug-likeness (QED) is 0.833. The van der Waals surface area contributed by atoms with Gasteiger partial charge in [-0.05, 0) is 50.4 Å². The fourth-order valence-corrected chi connectivity index (χ4v) is 2.80. The number of nitrogens with zero attached hydrogens (tertiary/aromatic N) is 1. The van der Waals surface area contributed by atoms with Crippen LogP contribution in [0.2, 0.25) is 0 Å². The smallest absolute Gasteiger partial charge is 0.276 e. The highest BCUT2D eigenvalue weighted by Crippen LogP contribution is 2.42. The van der Waals surface area contributed by atoms with Crippen LogP contribution < -0.4 is 5.56 Å². The Morgan fingerprint density at radius 2 is 2.25 bits per heavy atom. The third kappa shape index (κ3) is 2.45. The lowest BCUT2D eigenvalue weighted by atomic mass is 10.2. The number of aromatic nitrogens is 3. The molecule has 2 aromatic rings. The fraction of sp³-hybridized carbons (Fsp3) is 0.571. The number of nitrogens with one attached hydrogen (secondary N) is 2. The van der Waals surface area contributed by atoms with Gasteiger partial charge in [0, 0.05) is 12.7 Å². The molecule has 0 aliphatic heterocycles. The van der Waals surface area contributed by atoms with E-state index >= 15 is 0 Å². The minimum Gasteiger partial charge on any atom is -0.377 e. The molecule has 0 saturated heterocycles. The summed E-state index contributed by atoms with van der Waals surface area (Å²) in [6.07, 6.45) is 4.52. The first-order chi connectivity index (χ1) is 9.58. The van der Waals surface area contributed by atoms with Crippen molar-refractivity contribution in [2.45, 2.75) is 45.3 Å². The van der Waals surface area contributed by atoms with E-state index in [0.717, 1.165) is 5.52 Å². The van der Waals surface area contributed by atoms with Gasteiger partial charge in [-0.1, -0.05) is 0 Å². The molecule has 0 spiro atoms. The molecule has 0 radical (unpaired) electrons. The molecular weight excluding hydrogens is 274 g/mol. The van der Waals surface area contributed by atoms with Crippen molar-refractivity contribution in [1.29, 1.82) is 0 Å². The normalized spacial score (nSPS) is 15.3. The average Bonchev–Trinajstić information content (AvgIpc) is 3.12. The van der Waals surface area contributed by atoms with E-state index < -0.39 is 0 Å². The molecule has 20 heavy (non-hydrogen) atoms. The first kappa shape index (κ1) is 13.6. The van der Waals surface area contributed by atoms with Gasteiger partial charge < -0.3 is 14.3 Å². The van der Waals surface area contributed by atoms with Crippen LogP contribution in [-0.4, -0.2) is 27.2 Å². The van der Waals surface area contributed by atoms with Gasteiger partial charge in [0.1, 0.15) is 5.52 Å². The molecular formula is C14H19N3O2S. The van der Waals surface area contributed by atoms with Crippen LogP contribution in [0.4, 0.5) is 0 Å². The molecule has 2 heterocycles. The lowest BCUT2D eigenvalue weighted by Crippen LogP contribution is -2.18. The summed E-state index contributed by atoms with van der Waals surface area (Å²) in [7, 11) is 0. The van der Waals surface area contributed by atoms with Crippen LogP contribution in [0, 0.1) is 4.77 Å². The topological polar surface area (TPSA) is 62.8 Å². The van der Waals surface area contributed by atoms with E-state index in [1.165, 1.54) is 18.4 Å². The van der Waals surface area contributed by atoms with E-state index in [2.05, 4.69) is 9.97 Å². The van der Waals surface area contributed by atoms with E-state index in [-0.39, 0.29) is 11.7 Å². The van der Waals surface area contributed by atoms with Gasteiger partial charge in [-0.25, -0.2) is 0 Å². The molecule has 0 bridgehead atoms. The molecule has 0 amide bonds. The number of fused-ring (bicyclic) bond motifs is 1. The Hall–Kier alpha value is -1.40. The van der Waals surface area contributed by atoms with Gasteiger partial charge in [0.15, 0.2) is 4.77 Å². The number of rotatable bonds is 5. The van der Waals surface area contributed by atoms with Gasteiger partial charge in [-0.15, -0.1) is 0 Å². The summed E-state index contributed by atoms with van der Waals surface area (Å²) in [5.74, 6) is 0.567. The van der Waals surface area contributed by atoms with E-state index in [0.29, 0.717) is 29.4 Å². The molecule has 6 heteroatoms. The first-order valence-electron chi connectivity index (χ1n) is 7.03. The molecule has 1 saturated carbocycles. The molecule has 0 unspecified atom stereocenters. The van der Waals surface area contributed by atoms with Crippen molar-refractivity contribution in [2.24, 2.45) is 0 Å². The Kier molecular flexibility index (Phi) is 3.52. The minimum atomic E-state index is -0.141. The molecule has 2 N–H and O–H groups in total. The molecule has 1 aliphatic rings. The lowest BCUT2D eigenvalue weighted by molar-refractivity contribution is 0.0729. The zero-order valence-electron chi connectivity index (χ0n) is 11.7. The van der Waals surface area contributed by atoms with E-state index in [9.17, 15) is 4.79 Å². The molecule has 0 aromatic carbocycles. The summed E-state index contributed by atoms with van der Waals surface area (Å²) < 4.78 is 8.06. The maximum atomic E-state index is 12.0. The van der Waals surface area contributed by atoms with Crippen LogP contribution >= 0.6 is 12.2 Å². The number of hydrogen-bond donors (Lipinski definition) is 2. The number of aromatic amines is 2. The monoisotopic (exact) mass is 293 g/mol. The van der Waals surface area contributed by atoms with Crippen molar-refractivity contribution in [2.75, 3.05) is 6.61 Å². The second-order valence-corrected chi connectivity index (χ2v) is 5.96. The van der Waals surface area contributed by atoms with Crippen LogP contribution in [0.25, 0.3) is 11.0 Å². The highest BCUT2D eigenvalue weighted by atomic mass is 32.1. The molecule has 2 aromatic heterocycles. The number of ether oxygens (including phenoxy) is 1. The Labute approximate surface area is 122 Å². The maximum Gasteiger partial charge on any atom is 0.276 e. The lowest BCUT2D eigenvalue weighted by Gasteiger charge is -2.12. The second kappa shape index (κ2) is 5.18. The van der Waals surface area contributed by atoms with Gasteiger partial charge in [0.2, 0.25) is 0 Å². The summed E-state index contributed by atoms with van der Waals surface area (Å²) in [5, 5.41) is 0. The highest BCUT2D eigenvalue weighted by Gasteiger charge is 2.28. The van der Waals surface area contributed by atoms with E-state index in [1.807, 2.05) is 24.6 Å². The van der Waals surface area contributed by atoms with Crippen LogP contribution in [0.1, 0.15) is 38.2 Å². The zero-order chi connectivity index (χ0) is 14.3. The second-order valence-electron chi connectivity index (χ2n) is 5.57. The molecule has 3 rings (SSSR count). The molecule has 5 nitrogen and oxygen atoms in total. The van der Waals surface area contributed by atoms with Crippen molar-refractivity contribution < 1.29 is 4.74 Å². The Bertz CT molecular complexity index is 737. The minimum absolute atomic E-state index is 0.141. The van der Waals surface area contributed by atoms with Gasteiger partial charge in [0.05, 0.1) is 18.2 Å². The SMILES string of the molecule is CC(C)OCCn1c(=S)[nH]c(=O)c2[nH]cc(C3CC3)c21. The maximum absolute atomic E-state index is 12.0. The predicted molar refractivity (Wildman–Crippen MR) is 80.8 cm³/mol. The standard InChI is InChI=1S/C14H19N3O2S/c1-8(2)19-6-5-17-12-10(9-3-4-9)7-15-11(12)13(18)16-14(17)20/h7-9,15H,3-6H2,1-2H3,(H,16,18,20). The molecule has 1 aliphatic carbocycles. The van der Waals surface area contributed by atoms with Crippen LogP contribution in [0.3, 0.4) is 0 Å². The largest absolute Gasteiger partial charge is 0.377 e. The van der Waals surface area contributed by atoms with Gasteiger partial charge >= 0.3 is 0 Å². The number of hydrogen-bond acceptors (Lipinski definition) is 3. The van der Waals surface area contributed by atoms with Crippen LogP contribution in [0.15, 0.2) is 11.0 Å². The van der Waals surface area contributed by atoms with Crippen molar-refractivity contribution in [3.63, 3.8) is 0 Å². The molecule has 0 atom stereocenters. The summed E-state index contributed by atoms with van der Waals surface area (Å²) in [6, 6.07) is 0. The number of H-pyrrole nitrogens is 2. The summed E-state index contributed by atoms with van der Waals surface area (Å²) in [4.78, 5) is 17.8. The Morgan fingerprint density at radius 3 is 2.90 bits per heavy atom. The Morgan fingerprint density at radius 1 is 1.50 bits per heavy atom. The van der Waals surface area contributed by atoms with Crippen LogP contribution in [-0.2, 0) is 11.3 Å². The van der Waals surface area contributed by atoms with Crippen molar-refractivity contribution in [3.05, 3.63) is 26.9 Å². The van der Waals surface area contributed by atoms with E-state index in [1.54, 1.807) is 0 Å².